The fourth-order valence-corrected chi connectivity index (χ4v) is 5.82. The third kappa shape index (κ3) is 6.66. The largest absolute Gasteiger partial charge is 0.451 e. The minimum Gasteiger partial charge on any atom is -0.374 e. The predicted molar refractivity (Wildman–Crippen MR) is 136 cm³/mol. The second kappa shape index (κ2) is 11.9. The van der Waals surface area contributed by atoms with Gasteiger partial charge in [0.2, 0.25) is 5.82 Å². The predicted octanol–water partition coefficient (Wildman–Crippen LogP) is 3.71. The molecular formula is C26H37F3N6O3. The number of allylic oxidation sites excluding steroid dienone is 2. The fourth-order valence-electron chi connectivity index (χ4n) is 5.82. The van der Waals surface area contributed by atoms with Crippen LogP contribution in [0.1, 0.15) is 50.8 Å². The maximum Gasteiger partial charge on any atom is 0.451 e. The van der Waals surface area contributed by atoms with E-state index in [2.05, 4.69) is 27.7 Å². The van der Waals surface area contributed by atoms with Gasteiger partial charge in [-0.25, -0.2) is 15.0 Å². The first-order valence-corrected chi connectivity index (χ1v) is 13.6. The maximum atomic E-state index is 14.1. The van der Waals surface area contributed by atoms with E-state index < -0.39 is 12.0 Å². The van der Waals surface area contributed by atoms with E-state index >= 15 is 0 Å². The van der Waals surface area contributed by atoms with E-state index in [0.717, 1.165) is 50.5 Å². The van der Waals surface area contributed by atoms with Crippen LogP contribution >= 0.6 is 0 Å². The molecule has 0 aromatic carbocycles. The normalized spacial score (nSPS) is 24.5. The molecular weight excluding hydrogens is 501 g/mol. The topological polar surface area (TPSA) is 86.2 Å². The number of nitrogens with zero attached hydrogens (tertiary/aromatic N) is 5. The molecule has 0 bridgehead atoms. The molecule has 1 atom stereocenters. The van der Waals surface area contributed by atoms with Crippen LogP contribution in [0.4, 0.5) is 24.8 Å². The number of aromatic nitrogens is 2. The fraction of sp³-hybridized carbons (Fsp3) is 0.692. The zero-order chi connectivity index (χ0) is 26.6. The first kappa shape index (κ1) is 27.3. The summed E-state index contributed by atoms with van der Waals surface area (Å²) in [5.74, 6) is -0.656. The van der Waals surface area contributed by atoms with Gasteiger partial charge in [0.05, 0.1) is 24.9 Å². The SMILES string of the molecule is ONN1CCOC(CN(CC2=CCCC=C2)c2cc(N3CCOC4(CCCCC4)C3)nc(C(F)(F)F)n2)C1. The van der Waals surface area contributed by atoms with Gasteiger partial charge >= 0.3 is 6.18 Å². The average molecular weight is 539 g/mol. The van der Waals surface area contributed by atoms with E-state index in [9.17, 15) is 18.4 Å². The molecule has 4 aliphatic rings. The number of hydrogen-bond acceptors (Lipinski definition) is 9. The molecule has 2 aliphatic heterocycles. The van der Waals surface area contributed by atoms with Crippen molar-refractivity contribution in [1.82, 2.24) is 20.6 Å². The zero-order valence-electron chi connectivity index (χ0n) is 21.6. The molecule has 38 heavy (non-hydrogen) atoms. The highest BCUT2D eigenvalue weighted by Crippen LogP contribution is 2.37. The van der Waals surface area contributed by atoms with Crippen LogP contribution in [0.5, 0.6) is 0 Å². The summed E-state index contributed by atoms with van der Waals surface area (Å²) in [7, 11) is 0. The molecule has 1 aromatic heterocycles. The molecule has 210 valence electrons. The first-order chi connectivity index (χ1) is 18.3. The van der Waals surface area contributed by atoms with Gasteiger partial charge in [-0.1, -0.05) is 37.5 Å². The number of ether oxygens (including phenoxy) is 2. The molecule has 1 aromatic rings. The van der Waals surface area contributed by atoms with Gasteiger partial charge in [0.15, 0.2) is 0 Å². The molecule has 12 heteroatoms. The number of nitrogens with one attached hydrogen (secondary N) is 1. The first-order valence-electron chi connectivity index (χ1n) is 13.6. The van der Waals surface area contributed by atoms with Gasteiger partial charge in [-0.05, 0) is 31.3 Å². The zero-order valence-corrected chi connectivity index (χ0v) is 21.6. The van der Waals surface area contributed by atoms with Crippen LogP contribution in [0.25, 0.3) is 0 Å². The van der Waals surface area contributed by atoms with E-state index in [1.165, 1.54) is 0 Å². The van der Waals surface area contributed by atoms with E-state index in [4.69, 9.17) is 9.47 Å². The number of alkyl halides is 3. The number of hydrazine groups is 1. The smallest absolute Gasteiger partial charge is 0.374 e. The Hall–Kier alpha value is -2.25. The van der Waals surface area contributed by atoms with Crippen molar-refractivity contribution in [2.45, 2.75) is 62.8 Å². The molecule has 2 aliphatic carbocycles. The second-order valence-electron chi connectivity index (χ2n) is 10.6. The molecule has 1 saturated carbocycles. The van der Waals surface area contributed by atoms with Crippen molar-refractivity contribution in [3.05, 3.63) is 35.7 Å². The lowest BCUT2D eigenvalue weighted by atomic mass is 9.83. The Morgan fingerprint density at radius 2 is 1.97 bits per heavy atom. The van der Waals surface area contributed by atoms with Gasteiger partial charge in [-0.2, -0.15) is 13.2 Å². The summed E-state index contributed by atoms with van der Waals surface area (Å²) in [5.41, 5.74) is 2.85. The van der Waals surface area contributed by atoms with Gasteiger partial charge in [0.25, 0.3) is 0 Å². The Kier molecular flexibility index (Phi) is 8.53. The Bertz CT molecular complexity index is 1010. The lowest BCUT2D eigenvalue weighted by Gasteiger charge is -2.45. The van der Waals surface area contributed by atoms with Crippen molar-refractivity contribution in [3.63, 3.8) is 0 Å². The van der Waals surface area contributed by atoms with Gasteiger partial charge in [0, 0.05) is 45.3 Å². The number of rotatable bonds is 7. The highest BCUT2D eigenvalue weighted by molar-refractivity contribution is 5.53. The van der Waals surface area contributed by atoms with E-state index in [1.54, 1.807) is 11.1 Å². The van der Waals surface area contributed by atoms with E-state index in [1.807, 2.05) is 15.9 Å². The van der Waals surface area contributed by atoms with E-state index in [-0.39, 0.29) is 23.3 Å². The molecule has 9 nitrogen and oxygen atoms in total. The summed E-state index contributed by atoms with van der Waals surface area (Å²) in [6, 6.07) is 1.68. The number of hydrogen-bond donors (Lipinski definition) is 2. The summed E-state index contributed by atoms with van der Waals surface area (Å²) in [5, 5.41) is 11.0. The van der Waals surface area contributed by atoms with Crippen molar-refractivity contribution in [3.8, 4) is 0 Å². The molecule has 3 heterocycles. The molecule has 0 radical (unpaired) electrons. The van der Waals surface area contributed by atoms with Gasteiger partial charge in [-0.3, -0.25) is 0 Å². The van der Waals surface area contributed by atoms with Crippen LogP contribution in [0.2, 0.25) is 0 Å². The van der Waals surface area contributed by atoms with Crippen LogP contribution in [0.15, 0.2) is 29.9 Å². The molecule has 3 fully saturated rings. The Morgan fingerprint density at radius 3 is 2.71 bits per heavy atom. The lowest BCUT2D eigenvalue weighted by molar-refractivity contribution is -0.144. The molecule has 2 saturated heterocycles. The molecule has 0 amide bonds. The van der Waals surface area contributed by atoms with Crippen molar-refractivity contribution in [2.24, 2.45) is 0 Å². The quantitative estimate of drug-likeness (QED) is 0.505. The second-order valence-corrected chi connectivity index (χ2v) is 10.6. The Labute approximate surface area is 221 Å². The molecule has 1 spiro atoms. The van der Waals surface area contributed by atoms with E-state index in [0.29, 0.717) is 52.5 Å². The highest BCUT2D eigenvalue weighted by Gasteiger charge is 2.40. The molecule has 2 N–H and O–H groups in total. The summed E-state index contributed by atoms with van der Waals surface area (Å²) in [6.45, 7) is 3.46. The van der Waals surface area contributed by atoms with Gasteiger partial charge < -0.3 is 24.5 Å². The monoisotopic (exact) mass is 538 g/mol. The van der Waals surface area contributed by atoms with Crippen LogP contribution in [-0.4, -0.2) is 84.4 Å². The Morgan fingerprint density at radius 1 is 1.13 bits per heavy atom. The van der Waals surface area contributed by atoms with Crippen LogP contribution in [-0.2, 0) is 15.7 Å². The third-order valence-electron chi connectivity index (χ3n) is 7.76. The molecule has 1 unspecified atom stereocenters. The number of morpholine rings is 2. The minimum absolute atomic E-state index is 0.212. The standard InChI is InChI=1S/C26H37F3N6O3/c27-26(28,29)24-30-22(33-11-14-38-25(19-33)9-5-2-6-10-25)15-23(31-24)34(16-20-7-3-1-4-8-20)17-21-18-35(32-36)12-13-37-21/h3,7-8,15,21,32,36H,1-2,4-6,9-14,16-19H2. The lowest BCUT2D eigenvalue weighted by Crippen LogP contribution is -2.53. The highest BCUT2D eigenvalue weighted by atomic mass is 19.4. The number of halogens is 3. The average Bonchev–Trinajstić information content (AvgIpc) is 2.93. The Balaban J connectivity index is 1.46. The summed E-state index contributed by atoms with van der Waals surface area (Å²) in [6.07, 6.45) is 8.12. The van der Waals surface area contributed by atoms with Crippen LogP contribution in [0, 0.1) is 0 Å². The summed E-state index contributed by atoms with van der Waals surface area (Å²) < 4.78 is 54.3. The van der Waals surface area contributed by atoms with Crippen LogP contribution in [0.3, 0.4) is 0 Å². The van der Waals surface area contributed by atoms with Crippen molar-refractivity contribution in [1.29, 1.82) is 0 Å². The van der Waals surface area contributed by atoms with Crippen molar-refractivity contribution < 1.29 is 27.9 Å². The number of anilines is 2. The maximum absolute atomic E-state index is 14.1. The minimum atomic E-state index is -4.69. The molecule has 5 rings (SSSR count). The van der Waals surface area contributed by atoms with Crippen molar-refractivity contribution >= 4 is 11.6 Å². The van der Waals surface area contributed by atoms with Gasteiger partial charge in [-0.15, -0.1) is 5.59 Å². The summed E-state index contributed by atoms with van der Waals surface area (Å²) in [4.78, 5) is 11.8. The van der Waals surface area contributed by atoms with Crippen molar-refractivity contribution in [2.75, 3.05) is 62.3 Å². The third-order valence-corrected chi connectivity index (χ3v) is 7.76. The van der Waals surface area contributed by atoms with Gasteiger partial charge in [0.1, 0.15) is 11.6 Å². The van der Waals surface area contributed by atoms with Crippen LogP contribution < -0.4 is 15.4 Å². The summed E-state index contributed by atoms with van der Waals surface area (Å²) >= 11 is 0.